The van der Waals surface area contributed by atoms with Gasteiger partial charge in [0.05, 0.1) is 11.0 Å². The zero-order valence-corrected chi connectivity index (χ0v) is 37.6. The first-order chi connectivity index (χ1) is 34.7. The lowest BCUT2D eigenvalue weighted by molar-refractivity contribution is 0.669. The average Bonchev–Trinajstić information content (AvgIpc) is 3.97. The number of benzene rings is 12. The molecule has 0 aliphatic carbocycles. The van der Waals surface area contributed by atoms with E-state index < -0.39 is 0 Å². The number of nitrogens with zero attached hydrogens (tertiary/aromatic N) is 4. The molecular weight excluding hydrogens is 853 g/mol. The molecule has 0 fully saturated rings. The summed E-state index contributed by atoms with van der Waals surface area (Å²) in [7, 11) is 0. The van der Waals surface area contributed by atoms with Crippen LogP contribution >= 0.6 is 0 Å². The normalized spacial score (nSPS) is 12.0. The van der Waals surface area contributed by atoms with Crippen LogP contribution in [0.2, 0.25) is 0 Å². The van der Waals surface area contributed by atoms with Crippen molar-refractivity contribution in [1.29, 1.82) is 0 Å². The zero-order chi connectivity index (χ0) is 45.9. The molecule has 70 heavy (non-hydrogen) atoms. The van der Waals surface area contributed by atoms with E-state index in [9.17, 15) is 0 Å². The summed E-state index contributed by atoms with van der Waals surface area (Å²) in [6.45, 7) is 0. The zero-order valence-electron chi connectivity index (χ0n) is 37.6. The molecule has 5 nitrogen and oxygen atoms in total. The van der Waals surface area contributed by atoms with Crippen LogP contribution in [0, 0.1) is 0 Å². The number of fused-ring (bicyclic) bond motifs is 14. The summed E-state index contributed by atoms with van der Waals surface area (Å²) >= 11 is 0. The van der Waals surface area contributed by atoms with Crippen LogP contribution in [-0.4, -0.2) is 19.5 Å². The van der Waals surface area contributed by atoms with Gasteiger partial charge in [-0.15, -0.1) is 0 Å². The lowest BCUT2D eigenvalue weighted by Crippen LogP contribution is -2.01. The molecule has 0 N–H and O–H groups in total. The number of rotatable bonds is 5. The van der Waals surface area contributed by atoms with Gasteiger partial charge in [0.1, 0.15) is 11.2 Å². The first kappa shape index (κ1) is 38.6. The van der Waals surface area contributed by atoms with E-state index >= 15 is 0 Å². The largest absolute Gasteiger partial charge is 0.456 e. The van der Waals surface area contributed by atoms with Crippen LogP contribution < -0.4 is 0 Å². The lowest BCUT2D eigenvalue weighted by Gasteiger charge is -2.13. The van der Waals surface area contributed by atoms with E-state index in [0.717, 1.165) is 82.4 Å². The van der Waals surface area contributed by atoms with Crippen molar-refractivity contribution < 1.29 is 4.42 Å². The highest BCUT2D eigenvalue weighted by molar-refractivity contribution is 6.22. The number of hydrogen-bond acceptors (Lipinski definition) is 4. The molecule has 3 heterocycles. The van der Waals surface area contributed by atoms with Crippen LogP contribution in [0.5, 0.6) is 0 Å². The Morgan fingerprint density at radius 2 is 0.886 bits per heavy atom. The molecule has 15 aromatic rings. The molecule has 15 rings (SSSR count). The predicted molar refractivity (Wildman–Crippen MR) is 291 cm³/mol. The third kappa shape index (κ3) is 5.95. The van der Waals surface area contributed by atoms with Crippen molar-refractivity contribution in [1.82, 2.24) is 19.5 Å². The summed E-state index contributed by atoms with van der Waals surface area (Å²) in [6, 6.07) is 82.3. The lowest BCUT2D eigenvalue weighted by atomic mass is 9.97. The van der Waals surface area contributed by atoms with Crippen LogP contribution in [-0.2, 0) is 0 Å². The summed E-state index contributed by atoms with van der Waals surface area (Å²) in [6.07, 6.45) is 0. The second kappa shape index (κ2) is 15.0. The topological polar surface area (TPSA) is 56.7 Å². The molecule has 3 aromatic heterocycles. The van der Waals surface area contributed by atoms with Gasteiger partial charge in [0.15, 0.2) is 17.5 Å². The van der Waals surface area contributed by atoms with Gasteiger partial charge in [-0.2, -0.15) is 0 Å². The van der Waals surface area contributed by atoms with Crippen LogP contribution in [0.3, 0.4) is 0 Å². The Morgan fingerprint density at radius 3 is 1.71 bits per heavy atom. The molecule has 0 atom stereocenters. The molecule has 0 unspecified atom stereocenters. The van der Waals surface area contributed by atoms with Crippen molar-refractivity contribution >= 4 is 97.6 Å². The molecular formula is C65H38N4O. The van der Waals surface area contributed by atoms with Gasteiger partial charge < -0.3 is 8.98 Å². The first-order valence-corrected chi connectivity index (χ1v) is 23.7. The summed E-state index contributed by atoms with van der Waals surface area (Å²) in [4.78, 5) is 15.8. The van der Waals surface area contributed by atoms with Crippen molar-refractivity contribution in [3.63, 3.8) is 0 Å². The van der Waals surface area contributed by atoms with Crippen molar-refractivity contribution in [2.24, 2.45) is 0 Å². The molecule has 5 heteroatoms. The second-order valence-electron chi connectivity index (χ2n) is 18.3. The maximum absolute atomic E-state index is 6.81. The molecule has 0 radical (unpaired) electrons. The Hall–Kier alpha value is -9.45. The Bertz CT molecular complexity index is 4640. The van der Waals surface area contributed by atoms with Gasteiger partial charge in [0, 0.05) is 49.3 Å². The third-order valence-electron chi connectivity index (χ3n) is 14.4. The van der Waals surface area contributed by atoms with Gasteiger partial charge >= 0.3 is 0 Å². The van der Waals surface area contributed by atoms with Crippen molar-refractivity contribution in [2.45, 2.75) is 0 Å². The van der Waals surface area contributed by atoms with Crippen LogP contribution in [0.1, 0.15) is 0 Å². The summed E-state index contributed by atoms with van der Waals surface area (Å²) in [5, 5.41) is 16.3. The molecule has 12 aromatic carbocycles. The molecule has 324 valence electrons. The van der Waals surface area contributed by atoms with E-state index in [4.69, 9.17) is 19.4 Å². The molecule has 0 bridgehead atoms. The second-order valence-corrected chi connectivity index (χ2v) is 18.3. The van der Waals surface area contributed by atoms with Crippen molar-refractivity contribution in [3.05, 3.63) is 231 Å². The quantitative estimate of drug-likeness (QED) is 0.162. The Labute approximate surface area is 401 Å². The fourth-order valence-electron chi connectivity index (χ4n) is 11.0. The van der Waals surface area contributed by atoms with E-state index in [1.165, 1.54) is 48.7 Å². The van der Waals surface area contributed by atoms with E-state index in [1.807, 2.05) is 6.07 Å². The highest BCUT2D eigenvalue weighted by Crippen LogP contribution is 2.42. The monoisotopic (exact) mass is 890 g/mol. The van der Waals surface area contributed by atoms with Crippen LogP contribution in [0.15, 0.2) is 235 Å². The maximum Gasteiger partial charge on any atom is 0.164 e. The average molecular weight is 891 g/mol. The molecule has 0 spiro atoms. The van der Waals surface area contributed by atoms with Gasteiger partial charge in [-0.05, 0) is 108 Å². The predicted octanol–water partition coefficient (Wildman–Crippen LogP) is 17.3. The highest BCUT2D eigenvalue weighted by atomic mass is 16.3. The van der Waals surface area contributed by atoms with E-state index in [1.54, 1.807) is 0 Å². The standard InChI is InChI=1S/C65H38N4O/c1-2-12-39(13-3-1)40-22-24-43(25-23-40)63-66-64(68-65(67-63)57-35-46-17-7-8-18-49(46)51-20-10-11-21-52(51)57)47-28-32-54-60(37-47)70-59-33-29-42-26-30-48(38-55(42)61(54)59)69-58-36-45-16-5-4-15-44(45)34-56(58)53-31-27-41-14-6-9-19-50(41)62(53)69/h1-38H. The Kier molecular flexibility index (Phi) is 8.29. The fourth-order valence-corrected chi connectivity index (χ4v) is 11.0. The van der Waals surface area contributed by atoms with Gasteiger partial charge in [0.2, 0.25) is 0 Å². The number of hydrogen-bond donors (Lipinski definition) is 0. The van der Waals surface area contributed by atoms with Gasteiger partial charge in [-0.3, -0.25) is 0 Å². The minimum absolute atomic E-state index is 0.574. The van der Waals surface area contributed by atoms with Gasteiger partial charge in [0.25, 0.3) is 0 Å². The molecule has 0 saturated carbocycles. The van der Waals surface area contributed by atoms with Crippen LogP contribution in [0.4, 0.5) is 0 Å². The molecule has 0 amide bonds. The highest BCUT2D eigenvalue weighted by Gasteiger charge is 2.21. The SMILES string of the molecule is c1ccc(-c2ccc(-c3nc(-c4ccc5c(c4)oc4ccc6ccc(-n7c8cc9ccccc9cc8c8ccc9ccccc9c87)cc6c45)nc(-c4cc5ccccc5c5ccccc45)n3)cc2)cc1. The molecule has 0 aliphatic rings. The Balaban J connectivity index is 0.920. The fraction of sp³-hybridized carbons (Fsp3) is 0. The van der Waals surface area contributed by atoms with E-state index in [2.05, 4.69) is 229 Å². The minimum atomic E-state index is 0.574. The van der Waals surface area contributed by atoms with Crippen molar-refractivity contribution in [2.75, 3.05) is 0 Å². The van der Waals surface area contributed by atoms with Gasteiger partial charge in [-0.25, -0.2) is 15.0 Å². The first-order valence-electron chi connectivity index (χ1n) is 23.7. The summed E-state index contributed by atoms with van der Waals surface area (Å²) in [5.74, 6) is 1.79. The van der Waals surface area contributed by atoms with Crippen molar-refractivity contribution in [3.8, 4) is 51.0 Å². The van der Waals surface area contributed by atoms with E-state index in [-0.39, 0.29) is 0 Å². The van der Waals surface area contributed by atoms with Gasteiger partial charge in [-0.1, -0.05) is 182 Å². The number of furan rings is 1. The molecule has 0 saturated heterocycles. The Morgan fingerprint density at radius 1 is 0.300 bits per heavy atom. The molecule has 0 aliphatic heterocycles. The van der Waals surface area contributed by atoms with E-state index in [0.29, 0.717) is 17.5 Å². The number of aromatic nitrogens is 4. The maximum atomic E-state index is 6.81. The smallest absolute Gasteiger partial charge is 0.164 e. The summed E-state index contributed by atoms with van der Waals surface area (Å²) < 4.78 is 9.27. The van der Waals surface area contributed by atoms with Crippen LogP contribution in [0.25, 0.3) is 149 Å². The summed E-state index contributed by atoms with van der Waals surface area (Å²) in [5.41, 5.74) is 10.1. The third-order valence-corrected chi connectivity index (χ3v) is 14.4. The minimum Gasteiger partial charge on any atom is -0.456 e.